The Labute approximate surface area is 60.3 Å². The van der Waals surface area contributed by atoms with Crippen LogP contribution in [-0.2, 0) is 0 Å². The van der Waals surface area contributed by atoms with Crippen LogP contribution in [0.5, 0.6) is 0 Å². The van der Waals surface area contributed by atoms with Gasteiger partial charge in [0.05, 0.1) is 0 Å². The minimum atomic E-state index is 0. The Morgan fingerprint density at radius 3 is 1.22 bits per heavy atom. The van der Waals surface area contributed by atoms with E-state index >= 15 is 0 Å². The quantitative estimate of drug-likeness (QED) is 0.435. The summed E-state index contributed by atoms with van der Waals surface area (Å²) in [7, 11) is 0. The molecule has 0 spiro atoms. The van der Waals surface area contributed by atoms with Gasteiger partial charge in [0.15, 0.2) is 0 Å². The lowest BCUT2D eigenvalue weighted by atomic mass is 10.4. The van der Waals surface area contributed by atoms with Crippen LogP contribution in [-0.4, -0.2) is 0 Å². The molecule has 0 aromatic carbocycles. The second-order valence-corrected chi connectivity index (χ2v) is 1.87. The SMILES string of the molecule is C.C/C=C/C.C=C(C)C. The van der Waals surface area contributed by atoms with Crippen molar-refractivity contribution in [3.8, 4) is 0 Å². The van der Waals surface area contributed by atoms with Crippen molar-refractivity contribution in [2.45, 2.75) is 35.1 Å². The number of hydrogen-bond acceptors (Lipinski definition) is 0. The third kappa shape index (κ3) is 975. The Balaban J connectivity index is -0.0000000720. The molecule has 0 heteroatoms. The highest BCUT2D eigenvalue weighted by molar-refractivity contribution is 4.78. The standard InChI is InChI=1S/2C4H8.CH4/c1-4(2)3;1-3-4-2;/h1H2,2-3H3;3-4H,1-2H3;1H4/b;4-3+;. The van der Waals surface area contributed by atoms with Gasteiger partial charge in [0, 0.05) is 0 Å². The van der Waals surface area contributed by atoms with E-state index in [-0.39, 0.29) is 7.43 Å². The van der Waals surface area contributed by atoms with Crippen molar-refractivity contribution in [1.29, 1.82) is 0 Å². The maximum atomic E-state index is 3.56. The molecule has 0 bridgehead atoms. The molecule has 0 amide bonds. The van der Waals surface area contributed by atoms with Crippen molar-refractivity contribution in [2.75, 3.05) is 0 Å². The second kappa shape index (κ2) is 15.6. The van der Waals surface area contributed by atoms with E-state index in [1.807, 2.05) is 39.8 Å². The van der Waals surface area contributed by atoms with Crippen LogP contribution in [0.3, 0.4) is 0 Å². The molecule has 0 heterocycles. The number of rotatable bonds is 0. The van der Waals surface area contributed by atoms with Gasteiger partial charge in [-0.15, -0.1) is 6.58 Å². The molecule has 0 aromatic rings. The summed E-state index contributed by atoms with van der Waals surface area (Å²) in [6, 6.07) is 0. The van der Waals surface area contributed by atoms with Crippen molar-refractivity contribution < 1.29 is 0 Å². The lowest BCUT2D eigenvalue weighted by molar-refractivity contribution is 1.42. The van der Waals surface area contributed by atoms with Crippen molar-refractivity contribution in [3.05, 3.63) is 24.3 Å². The van der Waals surface area contributed by atoms with Crippen LogP contribution in [0.25, 0.3) is 0 Å². The fourth-order valence-electron chi connectivity index (χ4n) is 0. The molecule has 0 saturated carbocycles. The van der Waals surface area contributed by atoms with Gasteiger partial charge >= 0.3 is 0 Å². The first kappa shape index (κ1) is 15.8. The van der Waals surface area contributed by atoms with Crippen LogP contribution in [0, 0.1) is 0 Å². The molecule has 0 saturated heterocycles. The summed E-state index contributed by atoms with van der Waals surface area (Å²) in [6.45, 7) is 11.5. The zero-order chi connectivity index (χ0) is 6.99. The zero-order valence-corrected chi connectivity index (χ0v) is 6.36. The smallest absolute Gasteiger partial charge is 0.0445 e. The molecule has 0 nitrogen and oxygen atoms in total. The number of hydrogen-bond donors (Lipinski definition) is 0. The van der Waals surface area contributed by atoms with Crippen LogP contribution in [0.2, 0.25) is 0 Å². The van der Waals surface area contributed by atoms with Crippen LogP contribution in [0.1, 0.15) is 35.1 Å². The molecule has 0 fully saturated rings. The van der Waals surface area contributed by atoms with Gasteiger partial charge < -0.3 is 0 Å². The zero-order valence-electron chi connectivity index (χ0n) is 6.36. The van der Waals surface area contributed by atoms with Crippen LogP contribution < -0.4 is 0 Å². The fraction of sp³-hybridized carbons (Fsp3) is 0.556. The van der Waals surface area contributed by atoms with Gasteiger partial charge in [-0.1, -0.05) is 25.2 Å². The van der Waals surface area contributed by atoms with E-state index in [2.05, 4.69) is 6.58 Å². The summed E-state index contributed by atoms with van der Waals surface area (Å²) in [5, 5.41) is 0. The first-order valence-electron chi connectivity index (χ1n) is 2.84. The maximum Gasteiger partial charge on any atom is -0.0445 e. The second-order valence-electron chi connectivity index (χ2n) is 1.87. The first-order chi connectivity index (χ1) is 3.65. The van der Waals surface area contributed by atoms with E-state index in [1.54, 1.807) is 0 Å². The van der Waals surface area contributed by atoms with E-state index in [9.17, 15) is 0 Å². The van der Waals surface area contributed by atoms with E-state index in [0.29, 0.717) is 0 Å². The first-order valence-corrected chi connectivity index (χ1v) is 2.84. The topological polar surface area (TPSA) is 0 Å². The highest BCUT2D eigenvalue weighted by Crippen LogP contribution is 1.73. The summed E-state index contributed by atoms with van der Waals surface area (Å²) in [6.07, 6.45) is 4.00. The highest BCUT2D eigenvalue weighted by atomic mass is 13.6. The van der Waals surface area contributed by atoms with Crippen molar-refractivity contribution >= 4 is 0 Å². The molecular formula is C9H20. The molecule has 0 radical (unpaired) electrons. The molecule has 9 heavy (non-hydrogen) atoms. The van der Waals surface area contributed by atoms with Gasteiger partial charge in [-0.2, -0.15) is 0 Å². The van der Waals surface area contributed by atoms with Crippen LogP contribution >= 0.6 is 0 Å². The largest absolute Gasteiger partial charge is 0.100 e. The Morgan fingerprint density at radius 1 is 1.11 bits per heavy atom. The predicted molar refractivity (Wildman–Crippen MR) is 47.7 cm³/mol. The summed E-state index contributed by atoms with van der Waals surface area (Å²) in [5.41, 5.74) is 1.17. The molecule has 0 atom stereocenters. The third-order valence-electron chi connectivity index (χ3n) is 0.333. The summed E-state index contributed by atoms with van der Waals surface area (Å²) in [5.74, 6) is 0. The van der Waals surface area contributed by atoms with Crippen LogP contribution in [0.4, 0.5) is 0 Å². The monoisotopic (exact) mass is 128 g/mol. The van der Waals surface area contributed by atoms with Crippen molar-refractivity contribution in [3.63, 3.8) is 0 Å². The minimum absolute atomic E-state index is 0. The Morgan fingerprint density at radius 2 is 1.22 bits per heavy atom. The summed E-state index contributed by atoms with van der Waals surface area (Å²) < 4.78 is 0. The third-order valence-corrected chi connectivity index (χ3v) is 0.333. The lowest BCUT2D eigenvalue weighted by Crippen LogP contribution is -1.43. The van der Waals surface area contributed by atoms with E-state index < -0.39 is 0 Å². The Bertz CT molecular complexity index is 60.1. The van der Waals surface area contributed by atoms with E-state index in [1.165, 1.54) is 5.57 Å². The Hall–Kier alpha value is -0.520. The highest BCUT2D eigenvalue weighted by Gasteiger charge is 1.51. The van der Waals surface area contributed by atoms with Crippen molar-refractivity contribution in [1.82, 2.24) is 0 Å². The van der Waals surface area contributed by atoms with Gasteiger partial charge in [0.2, 0.25) is 0 Å². The lowest BCUT2D eigenvalue weighted by Gasteiger charge is -1.65. The average Bonchev–Trinajstić information content (AvgIpc) is 1.65. The molecular weight excluding hydrogens is 108 g/mol. The van der Waals surface area contributed by atoms with E-state index in [0.717, 1.165) is 0 Å². The van der Waals surface area contributed by atoms with Gasteiger partial charge in [0.25, 0.3) is 0 Å². The summed E-state index contributed by atoms with van der Waals surface area (Å²) >= 11 is 0. The molecule has 0 rings (SSSR count). The molecule has 0 aliphatic carbocycles. The van der Waals surface area contributed by atoms with Gasteiger partial charge in [-0.25, -0.2) is 0 Å². The number of allylic oxidation sites excluding steroid dienone is 3. The molecule has 56 valence electrons. The summed E-state index contributed by atoms with van der Waals surface area (Å²) in [4.78, 5) is 0. The fourth-order valence-corrected chi connectivity index (χ4v) is 0. The molecule has 0 aromatic heterocycles. The predicted octanol–water partition coefficient (Wildman–Crippen LogP) is 3.80. The van der Waals surface area contributed by atoms with Gasteiger partial charge in [0.1, 0.15) is 0 Å². The molecule has 0 aliphatic heterocycles. The maximum absolute atomic E-state index is 3.56. The van der Waals surface area contributed by atoms with E-state index in [4.69, 9.17) is 0 Å². The van der Waals surface area contributed by atoms with Gasteiger partial charge in [-0.05, 0) is 27.7 Å². The Kier molecular flexibility index (Phi) is 27.5. The molecule has 0 aliphatic rings. The van der Waals surface area contributed by atoms with Crippen molar-refractivity contribution in [2.24, 2.45) is 0 Å². The normalized spacial score (nSPS) is 7.11. The molecule has 0 unspecified atom stereocenters. The average molecular weight is 128 g/mol. The molecule has 0 N–H and O–H groups in total. The minimum Gasteiger partial charge on any atom is -0.100 e. The van der Waals surface area contributed by atoms with Crippen LogP contribution in [0.15, 0.2) is 24.3 Å². The van der Waals surface area contributed by atoms with Gasteiger partial charge in [-0.3, -0.25) is 0 Å².